The van der Waals surface area contributed by atoms with Gasteiger partial charge >= 0.3 is 0 Å². The van der Waals surface area contributed by atoms with E-state index in [0.717, 1.165) is 6.42 Å². The van der Waals surface area contributed by atoms with Crippen LogP contribution < -0.4 is 5.32 Å². The molecule has 0 spiro atoms. The average Bonchev–Trinajstić information content (AvgIpc) is 2.64. The normalized spacial score (nSPS) is 23.7. The van der Waals surface area contributed by atoms with Gasteiger partial charge in [-0.05, 0) is 25.7 Å². The number of carbonyl (C=O) groups excluding carboxylic acids is 1. The highest BCUT2D eigenvalue weighted by atomic mass is 35.5. The van der Waals surface area contributed by atoms with Gasteiger partial charge in [-0.15, -0.1) is 0 Å². The van der Waals surface area contributed by atoms with Gasteiger partial charge in [0.05, 0.1) is 5.56 Å². The summed E-state index contributed by atoms with van der Waals surface area (Å²) in [5.41, 5.74) is 0.358. The third-order valence-electron chi connectivity index (χ3n) is 3.31. The minimum atomic E-state index is 0.223. The molecule has 2 rings (SSSR count). The third kappa shape index (κ3) is 2.57. The summed E-state index contributed by atoms with van der Waals surface area (Å²) in [6.45, 7) is 3.98. The fourth-order valence-corrected chi connectivity index (χ4v) is 2.55. The predicted octanol–water partition coefficient (Wildman–Crippen LogP) is 2.85. The van der Waals surface area contributed by atoms with Gasteiger partial charge in [-0.3, -0.25) is 4.79 Å². The molecular weight excluding hydrogens is 238 g/mol. The standard InChI is InChI=1S/C12H16ClN3O/c1-7-4-3-5-10(7)16-12-9(6-17)11(13)14-8(2)15-12/h6-7,10H,3-5H2,1-2H3,(H,14,15,16). The van der Waals surface area contributed by atoms with Gasteiger partial charge in [0.2, 0.25) is 0 Å². The Balaban J connectivity index is 2.28. The van der Waals surface area contributed by atoms with Gasteiger partial charge in [0, 0.05) is 6.04 Å². The summed E-state index contributed by atoms with van der Waals surface area (Å²) in [5, 5.41) is 3.55. The zero-order chi connectivity index (χ0) is 12.4. The molecule has 0 aliphatic heterocycles. The van der Waals surface area contributed by atoms with Crippen LogP contribution in [0.2, 0.25) is 5.15 Å². The second kappa shape index (κ2) is 5.00. The molecule has 0 amide bonds. The minimum Gasteiger partial charge on any atom is -0.366 e. The van der Waals surface area contributed by atoms with Gasteiger partial charge in [0.25, 0.3) is 0 Å². The van der Waals surface area contributed by atoms with Crippen LogP contribution in [0.1, 0.15) is 42.4 Å². The summed E-state index contributed by atoms with van der Waals surface area (Å²) in [6, 6.07) is 0.374. The highest BCUT2D eigenvalue weighted by molar-refractivity contribution is 6.32. The average molecular weight is 254 g/mol. The molecule has 1 aromatic heterocycles. The van der Waals surface area contributed by atoms with E-state index in [9.17, 15) is 4.79 Å². The Morgan fingerprint density at radius 2 is 2.18 bits per heavy atom. The molecule has 0 saturated heterocycles. The van der Waals surface area contributed by atoms with Crippen molar-refractivity contribution >= 4 is 23.7 Å². The van der Waals surface area contributed by atoms with E-state index in [1.165, 1.54) is 12.8 Å². The molecule has 1 heterocycles. The van der Waals surface area contributed by atoms with Crippen LogP contribution in [-0.4, -0.2) is 22.3 Å². The van der Waals surface area contributed by atoms with Crippen LogP contribution >= 0.6 is 11.6 Å². The number of nitrogens with zero attached hydrogens (tertiary/aromatic N) is 2. The number of halogens is 1. The van der Waals surface area contributed by atoms with Crippen molar-refractivity contribution in [3.63, 3.8) is 0 Å². The van der Waals surface area contributed by atoms with Crippen LogP contribution in [-0.2, 0) is 0 Å². The zero-order valence-electron chi connectivity index (χ0n) is 10.0. The first-order chi connectivity index (χ1) is 8.11. The summed E-state index contributed by atoms with van der Waals surface area (Å²) in [6.07, 6.45) is 4.25. The van der Waals surface area contributed by atoms with Crippen molar-refractivity contribution in [2.75, 3.05) is 5.32 Å². The Labute approximate surface area is 106 Å². The van der Waals surface area contributed by atoms with Crippen LogP contribution in [0.15, 0.2) is 0 Å². The monoisotopic (exact) mass is 253 g/mol. The lowest BCUT2D eigenvalue weighted by Gasteiger charge is -2.19. The highest BCUT2D eigenvalue weighted by Crippen LogP contribution is 2.29. The third-order valence-corrected chi connectivity index (χ3v) is 3.60. The Morgan fingerprint density at radius 1 is 1.41 bits per heavy atom. The van der Waals surface area contributed by atoms with E-state index in [1.807, 2.05) is 0 Å². The number of carbonyl (C=O) groups is 1. The maximum Gasteiger partial charge on any atom is 0.156 e. The number of aryl methyl sites for hydroxylation is 1. The molecule has 1 aliphatic rings. The first-order valence-electron chi connectivity index (χ1n) is 5.87. The van der Waals surface area contributed by atoms with Crippen molar-refractivity contribution in [3.8, 4) is 0 Å². The van der Waals surface area contributed by atoms with E-state index in [4.69, 9.17) is 11.6 Å². The van der Waals surface area contributed by atoms with Crippen molar-refractivity contribution in [1.82, 2.24) is 9.97 Å². The lowest BCUT2D eigenvalue weighted by molar-refractivity contribution is 0.112. The van der Waals surface area contributed by atoms with Crippen molar-refractivity contribution in [2.24, 2.45) is 5.92 Å². The molecule has 2 atom stereocenters. The predicted molar refractivity (Wildman–Crippen MR) is 67.6 cm³/mol. The fourth-order valence-electron chi connectivity index (χ4n) is 2.30. The number of hydrogen-bond donors (Lipinski definition) is 1. The lowest BCUT2D eigenvalue weighted by atomic mass is 10.1. The lowest BCUT2D eigenvalue weighted by Crippen LogP contribution is -2.23. The molecule has 4 nitrogen and oxygen atoms in total. The molecular formula is C12H16ClN3O. The summed E-state index contributed by atoms with van der Waals surface area (Å²) in [7, 11) is 0. The van der Waals surface area contributed by atoms with Gasteiger partial charge in [0.1, 0.15) is 16.8 Å². The van der Waals surface area contributed by atoms with Crippen LogP contribution in [0.25, 0.3) is 0 Å². The second-order valence-corrected chi connectivity index (χ2v) is 4.96. The molecule has 1 saturated carbocycles. The largest absolute Gasteiger partial charge is 0.366 e. The van der Waals surface area contributed by atoms with Crippen molar-refractivity contribution in [1.29, 1.82) is 0 Å². The maximum atomic E-state index is 11.0. The Hall–Kier alpha value is -1.16. The molecule has 5 heteroatoms. The van der Waals surface area contributed by atoms with Crippen LogP contribution in [0.3, 0.4) is 0 Å². The van der Waals surface area contributed by atoms with E-state index in [0.29, 0.717) is 35.5 Å². The number of aromatic nitrogens is 2. The topological polar surface area (TPSA) is 54.9 Å². The van der Waals surface area contributed by atoms with E-state index in [2.05, 4.69) is 22.2 Å². The smallest absolute Gasteiger partial charge is 0.156 e. The van der Waals surface area contributed by atoms with Crippen molar-refractivity contribution in [3.05, 3.63) is 16.5 Å². The number of anilines is 1. The van der Waals surface area contributed by atoms with E-state index >= 15 is 0 Å². The summed E-state index contributed by atoms with van der Waals surface area (Å²) < 4.78 is 0. The summed E-state index contributed by atoms with van der Waals surface area (Å²) in [5.74, 6) is 1.74. The molecule has 92 valence electrons. The number of hydrogen-bond acceptors (Lipinski definition) is 4. The van der Waals surface area contributed by atoms with Crippen LogP contribution in [0.4, 0.5) is 5.82 Å². The molecule has 1 N–H and O–H groups in total. The molecule has 2 unspecified atom stereocenters. The SMILES string of the molecule is Cc1nc(Cl)c(C=O)c(NC2CCCC2C)n1. The van der Waals surface area contributed by atoms with Gasteiger partial charge in [0.15, 0.2) is 6.29 Å². The number of nitrogens with one attached hydrogen (secondary N) is 1. The Morgan fingerprint density at radius 3 is 2.76 bits per heavy atom. The van der Waals surface area contributed by atoms with Gasteiger partial charge < -0.3 is 5.32 Å². The molecule has 0 bridgehead atoms. The molecule has 1 aromatic rings. The minimum absolute atomic E-state index is 0.223. The van der Waals surface area contributed by atoms with Crippen LogP contribution in [0.5, 0.6) is 0 Å². The molecule has 1 aliphatic carbocycles. The summed E-state index contributed by atoms with van der Waals surface area (Å²) in [4.78, 5) is 19.3. The first-order valence-corrected chi connectivity index (χ1v) is 6.25. The number of rotatable bonds is 3. The van der Waals surface area contributed by atoms with Gasteiger partial charge in [-0.1, -0.05) is 24.9 Å². The Kier molecular flexibility index (Phi) is 3.62. The van der Waals surface area contributed by atoms with Crippen molar-refractivity contribution in [2.45, 2.75) is 39.2 Å². The fraction of sp³-hybridized carbons (Fsp3) is 0.583. The quantitative estimate of drug-likeness (QED) is 0.665. The number of aldehydes is 1. The molecule has 0 aromatic carbocycles. The van der Waals surface area contributed by atoms with Gasteiger partial charge in [-0.2, -0.15) is 0 Å². The molecule has 0 radical (unpaired) electrons. The van der Waals surface area contributed by atoms with E-state index in [1.54, 1.807) is 6.92 Å². The second-order valence-electron chi connectivity index (χ2n) is 4.60. The van der Waals surface area contributed by atoms with Gasteiger partial charge in [-0.25, -0.2) is 9.97 Å². The van der Waals surface area contributed by atoms with E-state index < -0.39 is 0 Å². The molecule has 1 fully saturated rings. The molecule has 17 heavy (non-hydrogen) atoms. The van der Waals surface area contributed by atoms with Crippen molar-refractivity contribution < 1.29 is 4.79 Å². The Bertz CT molecular complexity index is 436. The maximum absolute atomic E-state index is 11.0. The highest BCUT2D eigenvalue weighted by Gasteiger charge is 2.24. The zero-order valence-corrected chi connectivity index (χ0v) is 10.8. The summed E-state index contributed by atoms with van der Waals surface area (Å²) >= 11 is 5.93. The first kappa shape index (κ1) is 12.3. The van der Waals surface area contributed by atoms with Crippen LogP contribution in [0, 0.1) is 12.8 Å². The van der Waals surface area contributed by atoms with E-state index in [-0.39, 0.29) is 5.15 Å².